The number of nitrogens with zero attached hydrogens (tertiary/aromatic N) is 1. The van der Waals surface area contributed by atoms with Gasteiger partial charge in [0.1, 0.15) is 10.8 Å². The molecule has 0 aliphatic rings. The molecule has 7 heteroatoms. The molecule has 1 amide bonds. The number of amides is 1. The van der Waals surface area contributed by atoms with E-state index in [0.29, 0.717) is 17.0 Å². The molecule has 0 aliphatic heterocycles. The van der Waals surface area contributed by atoms with E-state index in [9.17, 15) is 4.79 Å². The van der Waals surface area contributed by atoms with Gasteiger partial charge in [-0.25, -0.2) is 4.98 Å². The minimum atomic E-state index is -0.247. The largest absolute Gasteiger partial charge is 0.496 e. The molecule has 0 saturated carbocycles. The SMILES string of the molecule is COc1ccccc1C(=O)Nc1c(Br)cc(Br)cc1-c1nc2ccccc2s1. The Morgan fingerprint density at radius 2 is 1.82 bits per heavy atom. The standard InChI is InChI=1S/C21H14Br2N2O2S/c1-27-17-8-4-2-6-13(17)20(26)25-19-14(10-12(22)11-15(19)23)21-24-16-7-3-5-9-18(16)28-21/h2-11H,1H3,(H,25,26). The summed E-state index contributed by atoms with van der Waals surface area (Å²) in [6.45, 7) is 0. The van der Waals surface area contributed by atoms with Crippen LogP contribution in [-0.4, -0.2) is 18.0 Å². The monoisotopic (exact) mass is 516 g/mol. The number of ether oxygens (including phenoxy) is 1. The Bertz CT molecular complexity index is 1160. The van der Waals surface area contributed by atoms with Gasteiger partial charge in [0.25, 0.3) is 5.91 Å². The number of carbonyl (C=O) groups excluding carboxylic acids is 1. The quantitative estimate of drug-likeness (QED) is 0.325. The van der Waals surface area contributed by atoms with Crippen LogP contribution < -0.4 is 10.1 Å². The fourth-order valence-corrected chi connectivity index (χ4v) is 5.18. The lowest BCUT2D eigenvalue weighted by molar-refractivity contribution is 0.102. The molecule has 1 N–H and O–H groups in total. The number of fused-ring (bicyclic) bond motifs is 1. The normalized spacial score (nSPS) is 10.8. The van der Waals surface area contributed by atoms with Crippen molar-refractivity contribution in [2.45, 2.75) is 0 Å². The van der Waals surface area contributed by atoms with Crippen LogP contribution in [0.5, 0.6) is 5.75 Å². The van der Waals surface area contributed by atoms with Crippen LogP contribution in [0.1, 0.15) is 10.4 Å². The van der Waals surface area contributed by atoms with E-state index in [2.05, 4.69) is 37.2 Å². The number of hydrogen-bond donors (Lipinski definition) is 1. The van der Waals surface area contributed by atoms with Gasteiger partial charge in [-0.05, 0) is 52.3 Å². The fraction of sp³-hybridized carbons (Fsp3) is 0.0476. The first-order chi connectivity index (χ1) is 13.6. The predicted molar refractivity (Wildman–Crippen MR) is 121 cm³/mol. The van der Waals surface area contributed by atoms with Gasteiger partial charge >= 0.3 is 0 Å². The van der Waals surface area contributed by atoms with Crippen LogP contribution in [-0.2, 0) is 0 Å². The maximum atomic E-state index is 12.9. The topological polar surface area (TPSA) is 51.2 Å². The molecular formula is C21H14Br2N2O2S. The minimum Gasteiger partial charge on any atom is -0.496 e. The Balaban J connectivity index is 1.80. The number of methoxy groups -OCH3 is 1. The first-order valence-electron chi connectivity index (χ1n) is 8.36. The van der Waals surface area contributed by atoms with Gasteiger partial charge in [-0.15, -0.1) is 11.3 Å². The van der Waals surface area contributed by atoms with Gasteiger partial charge in [-0.1, -0.05) is 40.2 Å². The number of anilines is 1. The van der Waals surface area contributed by atoms with E-state index in [-0.39, 0.29) is 5.91 Å². The summed E-state index contributed by atoms with van der Waals surface area (Å²) in [5, 5.41) is 3.85. The number of aromatic nitrogens is 1. The summed E-state index contributed by atoms with van der Waals surface area (Å²) >= 11 is 8.70. The van der Waals surface area contributed by atoms with Crippen LogP contribution in [0, 0.1) is 0 Å². The van der Waals surface area contributed by atoms with Crippen LogP contribution in [0.3, 0.4) is 0 Å². The smallest absolute Gasteiger partial charge is 0.259 e. The molecule has 0 spiro atoms. The number of thiazole rings is 1. The third-order valence-corrected chi connectivity index (χ3v) is 6.32. The Kier molecular flexibility index (Phi) is 5.48. The Labute approximate surface area is 182 Å². The summed E-state index contributed by atoms with van der Waals surface area (Å²) in [5.41, 5.74) is 2.90. The minimum absolute atomic E-state index is 0.247. The van der Waals surface area contributed by atoms with E-state index in [1.165, 1.54) is 0 Å². The molecule has 4 aromatic rings. The second-order valence-electron chi connectivity index (χ2n) is 5.95. The number of nitrogens with one attached hydrogen (secondary N) is 1. The van der Waals surface area contributed by atoms with Gasteiger partial charge in [-0.3, -0.25) is 4.79 Å². The first-order valence-corrected chi connectivity index (χ1v) is 10.8. The third kappa shape index (κ3) is 3.70. The number of rotatable bonds is 4. The lowest BCUT2D eigenvalue weighted by atomic mass is 10.1. The average Bonchev–Trinajstić information content (AvgIpc) is 3.13. The van der Waals surface area contributed by atoms with Crippen LogP contribution in [0.4, 0.5) is 5.69 Å². The average molecular weight is 518 g/mol. The molecule has 140 valence electrons. The second-order valence-corrected chi connectivity index (χ2v) is 8.75. The van der Waals surface area contributed by atoms with Gasteiger partial charge in [0, 0.05) is 14.5 Å². The molecule has 4 nitrogen and oxygen atoms in total. The third-order valence-electron chi connectivity index (χ3n) is 4.17. The number of halogens is 2. The summed E-state index contributed by atoms with van der Waals surface area (Å²) < 4.78 is 8.07. The van der Waals surface area contributed by atoms with Crippen molar-refractivity contribution in [3.05, 3.63) is 75.2 Å². The van der Waals surface area contributed by atoms with Crippen LogP contribution in [0.15, 0.2) is 69.6 Å². The molecule has 28 heavy (non-hydrogen) atoms. The lowest BCUT2D eigenvalue weighted by Crippen LogP contribution is -2.14. The van der Waals surface area contributed by atoms with E-state index in [0.717, 1.165) is 29.7 Å². The van der Waals surface area contributed by atoms with E-state index in [4.69, 9.17) is 9.72 Å². The zero-order valence-electron chi connectivity index (χ0n) is 14.7. The van der Waals surface area contributed by atoms with E-state index in [1.807, 2.05) is 48.5 Å². The summed E-state index contributed by atoms with van der Waals surface area (Å²) in [4.78, 5) is 17.7. The zero-order valence-corrected chi connectivity index (χ0v) is 18.7. The first kappa shape index (κ1) is 19.1. The molecule has 0 saturated heterocycles. The van der Waals surface area contributed by atoms with Gasteiger partial charge < -0.3 is 10.1 Å². The molecule has 1 heterocycles. The van der Waals surface area contributed by atoms with Gasteiger partial charge in [0.05, 0.1) is 28.6 Å². The van der Waals surface area contributed by atoms with Crippen molar-refractivity contribution >= 4 is 65.0 Å². The van der Waals surface area contributed by atoms with E-state index >= 15 is 0 Å². The van der Waals surface area contributed by atoms with Gasteiger partial charge in [0.2, 0.25) is 0 Å². The number of benzene rings is 3. The van der Waals surface area contributed by atoms with Crippen molar-refractivity contribution in [3.8, 4) is 16.3 Å². The summed E-state index contributed by atoms with van der Waals surface area (Å²) in [7, 11) is 1.55. The molecule has 1 aromatic heterocycles. The molecule has 4 rings (SSSR count). The molecule has 0 fully saturated rings. The summed E-state index contributed by atoms with van der Waals surface area (Å²) in [5.74, 6) is 0.276. The zero-order chi connectivity index (χ0) is 19.7. The Hall–Kier alpha value is -2.22. The highest BCUT2D eigenvalue weighted by Crippen LogP contribution is 2.40. The molecular weight excluding hydrogens is 504 g/mol. The highest BCUT2D eigenvalue weighted by Gasteiger charge is 2.19. The van der Waals surface area contributed by atoms with Crippen LogP contribution in [0.2, 0.25) is 0 Å². The summed E-state index contributed by atoms with van der Waals surface area (Å²) in [6, 6.07) is 19.0. The van der Waals surface area contributed by atoms with Crippen molar-refractivity contribution in [1.29, 1.82) is 0 Å². The maximum absolute atomic E-state index is 12.9. The molecule has 0 bridgehead atoms. The van der Waals surface area contributed by atoms with Crippen molar-refractivity contribution in [2.24, 2.45) is 0 Å². The van der Waals surface area contributed by atoms with E-state index in [1.54, 1.807) is 30.6 Å². The number of carbonyl (C=O) groups is 1. The van der Waals surface area contributed by atoms with Crippen LogP contribution >= 0.6 is 43.2 Å². The molecule has 3 aromatic carbocycles. The Morgan fingerprint density at radius 1 is 1.07 bits per heavy atom. The highest BCUT2D eigenvalue weighted by atomic mass is 79.9. The van der Waals surface area contributed by atoms with Crippen LogP contribution in [0.25, 0.3) is 20.8 Å². The molecule has 0 radical (unpaired) electrons. The van der Waals surface area contributed by atoms with Crippen molar-refractivity contribution in [1.82, 2.24) is 4.98 Å². The van der Waals surface area contributed by atoms with E-state index < -0.39 is 0 Å². The van der Waals surface area contributed by atoms with Gasteiger partial charge in [-0.2, -0.15) is 0 Å². The lowest BCUT2D eigenvalue weighted by Gasteiger charge is -2.14. The van der Waals surface area contributed by atoms with Crippen molar-refractivity contribution in [2.75, 3.05) is 12.4 Å². The summed E-state index contributed by atoms with van der Waals surface area (Å²) in [6.07, 6.45) is 0. The number of para-hydroxylation sites is 2. The molecule has 0 aliphatic carbocycles. The highest BCUT2D eigenvalue weighted by molar-refractivity contribution is 9.11. The maximum Gasteiger partial charge on any atom is 0.259 e. The predicted octanol–water partition coefficient (Wildman–Crippen LogP) is 6.75. The Morgan fingerprint density at radius 3 is 2.61 bits per heavy atom. The second kappa shape index (κ2) is 8.03. The molecule has 0 unspecified atom stereocenters. The molecule has 0 atom stereocenters. The van der Waals surface area contributed by atoms with Gasteiger partial charge in [0.15, 0.2) is 0 Å². The number of hydrogen-bond acceptors (Lipinski definition) is 4. The van der Waals surface area contributed by atoms with Crippen molar-refractivity contribution in [3.63, 3.8) is 0 Å². The fourth-order valence-electron chi connectivity index (χ4n) is 2.87. The van der Waals surface area contributed by atoms with Crippen molar-refractivity contribution < 1.29 is 9.53 Å².